The van der Waals surface area contributed by atoms with Crippen LogP contribution >= 0.6 is 11.3 Å². The second-order valence-corrected chi connectivity index (χ2v) is 5.43. The van der Waals surface area contributed by atoms with Gasteiger partial charge in [-0.3, -0.25) is 4.79 Å². The Morgan fingerprint density at radius 2 is 1.89 bits per heavy atom. The van der Waals surface area contributed by atoms with Gasteiger partial charge in [0.15, 0.2) is 0 Å². The number of methoxy groups -OCH3 is 1. The number of primary amides is 1. The molecule has 1 aromatic heterocycles. The molecule has 1 aliphatic rings. The maximum Gasteiger partial charge on any atom is 0.350 e. The summed E-state index contributed by atoms with van der Waals surface area (Å²) in [5.74, 6) is -1.14. The first-order valence-electron chi connectivity index (χ1n) is 6.11. The fourth-order valence-corrected chi connectivity index (χ4v) is 3.43. The molecular weight excluding hydrogens is 266 g/mol. The van der Waals surface area contributed by atoms with E-state index in [0.29, 0.717) is 5.00 Å². The van der Waals surface area contributed by atoms with Gasteiger partial charge in [-0.05, 0) is 19.3 Å². The largest absolute Gasteiger partial charge is 0.465 e. The van der Waals surface area contributed by atoms with Crippen LogP contribution in [0.15, 0.2) is 0 Å². The highest BCUT2D eigenvalue weighted by atomic mass is 32.1. The Hall–Kier alpha value is -1.76. The fraction of sp³-hybridized carbons (Fsp3) is 0.500. The number of hydrogen-bond acceptors (Lipinski definition) is 6. The van der Waals surface area contributed by atoms with E-state index in [1.807, 2.05) is 0 Å². The third-order valence-corrected chi connectivity index (χ3v) is 4.43. The Labute approximate surface area is 115 Å². The minimum atomic E-state index is -0.607. The van der Waals surface area contributed by atoms with E-state index < -0.39 is 11.9 Å². The molecular formula is C12H17N3O3S. The van der Waals surface area contributed by atoms with Crippen LogP contribution in [0.4, 0.5) is 10.7 Å². The summed E-state index contributed by atoms with van der Waals surface area (Å²) in [5.41, 5.74) is 11.6. The molecule has 2 heterocycles. The molecule has 1 aromatic rings. The number of thiophene rings is 1. The molecule has 1 saturated heterocycles. The molecule has 4 N–H and O–H groups in total. The number of nitrogen functional groups attached to an aromatic ring is 1. The second kappa shape index (κ2) is 5.48. The van der Waals surface area contributed by atoms with Gasteiger partial charge in [0.25, 0.3) is 5.91 Å². The summed E-state index contributed by atoms with van der Waals surface area (Å²) in [6.45, 7) is 1.70. The molecule has 1 fully saturated rings. The summed E-state index contributed by atoms with van der Waals surface area (Å²) in [4.78, 5) is 25.5. The number of rotatable bonds is 3. The first-order valence-corrected chi connectivity index (χ1v) is 6.93. The predicted octanol–water partition coefficient (Wildman–Crippen LogP) is 1.21. The first-order chi connectivity index (χ1) is 9.06. The van der Waals surface area contributed by atoms with E-state index in [0.717, 1.165) is 25.9 Å². The Morgan fingerprint density at radius 3 is 2.42 bits per heavy atom. The number of piperidine rings is 1. The summed E-state index contributed by atoms with van der Waals surface area (Å²) >= 11 is 1.18. The number of carbonyl (C=O) groups is 2. The Morgan fingerprint density at radius 1 is 1.26 bits per heavy atom. The molecule has 0 aliphatic carbocycles. The number of nitrogens with two attached hydrogens (primary N) is 2. The summed E-state index contributed by atoms with van der Waals surface area (Å²) in [5, 5.41) is 0.685. The topological polar surface area (TPSA) is 98.6 Å². The first kappa shape index (κ1) is 13.7. The molecule has 6 nitrogen and oxygen atoms in total. The third kappa shape index (κ3) is 2.51. The number of ether oxygens (including phenoxy) is 1. The zero-order valence-corrected chi connectivity index (χ0v) is 11.6. The van der Waals surface area contributed by atoms with Crippen molar-refractivity contribution in [2.24, 2.45) is 5.73 Å². The van der Waals surface area contributed by atoms with Gasteiger partial charge < -0.3 is 21.1 Å². The van der Waals surface area contributed by atoms with E-state index in [2.05, 4.69) is 9.64 Å². The molecule has 0 saturated carbocycles. The van der Waals surface area contributed by atoms with Crippen molar-refractivity contribution < 1.29 is 14.3 Å². The number of amides is 1. The molecule has 0 bridgehead atoms. The highest BCUT2D eigenvalue weighted by Gasteiger charge is 2.28. The van der Waals surface area contributed by atoms with Crippen molar-refractivity contribution >= 4 is 33.9 Å². The van der Waals surface area contributed by atoms with Gasteiger partial charge in [-0.2, -0.15) is 0 Å². The molecule has 1 aliphatic heterocycles. The quantitative estimate of drug-likeness (QED) is 0.812. The second-order valence-electron chi connectivity index (χ2n) is 4.43. The van der Waals surface area contributed by atoms with Crippen LogP contribution in [-0.4, -0.2) is 32.1 Å². The van der Waals surface area contributed by atoms with Crippen LogP contribution in [0.5, 0.6) is 0 Å². The summed E-state index contributed by atoms with van der Waals surface area (Å²) < 4.78 is 4.67. The van der Waals surface area contributed by atoms with Gasteiger partial charge in [0.05, 0.1) is 18.4 Å². The van der Waals surface area contributed by atoms with Gasteiger partial charge >= 0.3 is 5.97 Å². The summed E-state index contributed by atoms with van der Waals surface area (Å²) in [7, 11) is 1.28. The molecule has 2 rings (SSSR count). The maximum absolute atomic E-state index is 11.6. The zero-order valence-electron chi connectivity index (χ0n) is 10.8. The van der Waals surface area contributed by atoms with Crippen LogP contribution in [0.2, 0.25) is 0 Å². The zero-order chi connectivity index (χ0) is 14.0. The third-order valence-electron chi connectivity index (χ3n) is 3.19. The van der Waals surface area contributed by atoms with Crippen molar-refractivity contribution in [2.45, 2.75) is 19.3 Å². The van der Waals surface area contributed by atoms with E-state index in [1.165, 1.54) is 24.9 Å². The van der Waals surface area contributed by atoms with Gasteiger partial charge in [-0.15, -0.1) is 11.3 Å². The van der Waals surface area contributed by atoms with Crippen molar-refractivity contribution in [3.63, 3.8) is 0 Å². The lowest BCUT2D eigenvalue weighted by molar-refractivity contribution is 0.0607. The average Bonchev–Trinajstić information content (AvgIpc) is 2.76. The minimum Gasteiger partial charge on any atom is -0.465 e. The number of nitrogens with zero attached hydrogens (tertiary/aromatic N) is 1. The average molecular weight is 283 g/mol. The van der Waals surface area contributed by atoms with Gasteiger partial charge in [0.1, 0.15) is 9.88 Å². The summed E-state index contributed by atoms with van der Waals surface area (Å²) in [6, 6.07) is 0. The van der Waals surface area contributed by atoms with Crippen molar-refractivity contribution in [2.75, 3.05) is 30.8 Å². The predicted molar refractivity (Wildman–Crippen MR) is 74.7 cm³/mol. The lowest BCUT2D eigenvalue weighted by Crippen LogP contribution is -2.30. The van der Waals surface area contributed by atoms with Gasteiger partial charge in [0, 0.05) is 13.1 Å². The molecule has 19 heavy (non-hydrogen) atoms. The highest BCUT2D eigenvalue weighted by Crippen LogP contribution is 2.39. The normalized spacial score (nSPS) is 15.3. The van der Waals surface area contributed by atoms with Crippen molar-refractivity contribution in [1.29, 1.82) is 0 Å². The van der Waals surface area contributed by atoms with Gasteiger partial charge in [0.2, 0.25) is 0 Å². The molecule has 7 heteroatoms. The molecule has 1 amide bonds. The van der Waals surface area contributed by atoms with Crippen molar-refractivity contribution in [3.8, 4) is 0 Å². The standard InChI is InChI=1S/C12H17N3O3S/c1-18-12(17)9-8(13)7(10(14)16)11(19-9)15-5-3-2-4-6-15/h2-6,13H2,1H3,(H2,14,16). The monoisotopic (exact) mass is 283 g/mol. The number of anilines is 2. The molecule has 0 atom stereocenters. The van der Waals surface area contributed by atoms with Crippen LogP contribution in [0.25, 0.3) is 0 Å². The Balaban J connectivity index is 2.46. The van der Waals surface area contributed by atoms with E-state index in [9.17, 15) is 9.59 Å². The van der Waals surface area contributed by atoms with Gasteiger partial charge in [-0.1, -0.05) is 0 Å². The molecule has 0 radical (unpaired) electrons. The molecule has 104 valence electrons. The van der Waals surface area contributed by atoms with E-state index in [-0.39, 0.29) is 16.1 Å². The molecule has 0 aromatic carbocycles. The van der Waals surface area contributed by atoms with Crippen LogP contribution in [0.3, 0.4) is 0 Å². The van der Waals surface area contributed by atoms with Crippen molar-refractivity contribution in [1.82, 2.24) is 0 Å². The van der Waals surface area contributed by atoms with Gasteiger partial charge in [-0.25, -0.2) is 4.79 Å². The number of hydrogen-bond donors (Lipinski definition) is 2. The fourth-order valence-electron chi connectivity index (χ4n) is 2.23. The van der Waals surface area contributed by atoms with Crippen LogP contribution in [0, 0.1) is 0 Å². The van der Waals surface area contributed by atoms with E-state index >= 15 is 0 Å². The van der Waals surface area contributed by atoms with Crippen LogP contribution in [-0.2, 0) is 4.74 Å². The lowest BCUT2D eigenvalue weighted by atomic mass is 10.1. The van der Waals surface area contributed by atoms with E-state index in [4.69, 9.17) is 11.5 Å². The summed E-state index contributed by atoms with van der Waals surface area (Å²) in [6.07, 6.45) is 3.29. The van der Waals surface area contributed by atoms with Crippen LogP contribution < -0.4 is 16.4 Å². The number of carbonyl (C=O) groups excluding carboxylic acids is 2. The smallest absolute Gasteiger partial charge is 0.350 e. The molecule has 0 unspecified atom stereocenters. The van der Waals surface area contributed by atoms with E-state index in [1.54, 1.807) is 0 Å². The highest BCUT2D eigenvalue weighted by molar-refractivity contribution is 7.19. The minimum absolute atomic E-state index is 0.130. The number of esters is 1. The molecule has 0 spiro atoms. The Bertz CT molecular complexity index is 507. The lowest BCUT2D eigenvalue weighted by Gasteiger charge is -2.28. The van der Waals surface area contributed by atoms with Crippen LogP contribution in [0.1, 0.15) is 39.3 Å². The van der Waals surface area contributed by atoms with Crippen molar-refractivity contribution in [3.05, 3.63) is 10.4 Å². The Kier molecular flexibility index (Phi) is 3.94. The SMILES string of the molecule is COC(=O)c1sc(N2CCCCC2)c(C(N)=O)c1N. The maximum atomic E-state index is 11.6.